The minimum atomic E-state index is -0.460. The van der Waals surface area contributed by atoms with Crippen LogP contribution in [0.25, 0.3) is 0 Å². The molecule has 2 aromatic carbocycles. The molecule has 0 N–H and O–H groups in total. The average molecular weight is 374 g/mol. The smallest absolute Gasteiger partial charge is 0.324 e. The summed E-state index contributed by atoms with van der Waals surface area (Å²) in [7, 11) is 0. The molecule has 0 saturated heterocycles. The van der Waals surface area contributed by atoms with E-state index in [4.69, 9.17) is 16.3 Å². The largest absolute Gasteiger partial charge is 0.482 e. The summed E-state index contributed by atoms with van der Waals surface area (Å²) in [6.07, 6.45) is 2.89. The summed E-state index contributed by atoms with van der Waals surface area (Å²) in [6, 6.07) is 14.4. The van der Waals surface area contributed by atoms with Gasteiger partial charge in [-0.2, -0.15) is 0 Å². The summed E-state index contributed by atoms with van der Waals surface area (Å²) in [5, 5.41) is 12.3. The maximum atomic E-state index is 11.5. The molecule has 0 bridgehead atoms. The first-order valence-corrected chi connectivity index (χ1v) is 8.42. The Morgan fingerprint density at radius 2 is 1.80 bits per heavy atom. The third kappa shape index (κ3) is 4.46. The van der Waals surface area contributed by atoms with Gasteiger partial charge in [-0.1, -0.05) is 48.0 Å². The van der Waals surface area contributed by atoms with Crippen molar-refractivity contribution in [3.63, 3.8) is 0 Å². The summed E-state index contributed by atoms with van der Waals surface area (Å²) in [5.74, 6) is 0.202. The normalized spacial score (nSPS) is 10.4. The number of rotatable bonds is 6. The van der Waals surface area contributed by atoms with Crippen LogP contribution in [0, 0.1) is 10.1 Å². The Hall–Kier alpha value is -2.64. The highest BCUT2D eigenvalue weighted by Gasteiger charge is 2.22. The van der Waals surface area contributed by atoms with E-state index in [-0.39, 0.29) is 18.0 Å². The molecule has 0 amide bonds. The van der Waals surface area contributed by atoms with Crippen LogP contribution in [0.15, 0.2) is 71.0 Å². The molecule has 126 valence electrons. The fourth-order valence-corrected chi connectivity index (χ4v) is 2.99. The second kappa shape index (κ2) is 7.96. The van der Waals surface area contributed by atoms with Crippen LogP contribution in [0.4, 0.5) is 5.69 Å². The van der Waals surface area contributed by atoms with Gasteiger partial charge in [0.15, 0.2) is 10.9 Å². The molecule has 6 nitrogen and oxygen atoms in total. The highest BCUT2D eigenvalue weighted by Crippen LogP contribution is 2.39. The number of para-hydroxylation sites is 1. The monoisotopic (exact) mass is 373 g/mol. The van der Waals surface area contributed by atoms with Crippen molar-refractivity contribution in [2.45, 2.75) is 16.7 Å². The fraction of sp³-hybridized carbons (Fsp3) is 0.0588. The lowest BCUT2D eigenvalue weighted by Crippen LogP contribution is -2.00. The molecule has 3 rings (SSSR count). The number of nitro groups is 1. The van der Waals surface area contributed by atoms with Crippen LogP contribution >= 0.6 is 23.4 Å². The Bertz CT molecular complexity index is 876. The second-order valence-corrected chi connectivity index (χ2v) is 6.37. The SMILES string of the molecule is O=[N+]([O-])c1c(OCc2ccccc2)cccc1Sc1ncc(Cl)cn1. The van der Waals surface area contributed by atoms with Crippen molar-refractivity contribution in [3.05, 3.63) is 81.6 Å². The molecule has 0 fully saturated rings. The van der Waals surface area contributed by atoms with E-state index >= 15 is 0 Å². The quantitative estimate of drug-likeness (QED) is 0.352. The highest BCUT2D eigenvalue weighted by molar-refractivity contribution is 7.99. The average Bonchev–Trinajstić information content (AvgIpc) is 2.62. The standard InChI is InChI=1S/C17H12ClN3O3S/c18-13-9-19-17(20-10-13)25-15-8-4-7-14(16(15)21(22)23)24-11-12-5-2-1-3-6-12/h1-10H,11H2. The lowest BCUT2D eigenvalue weighted by atomic mass is 10.2. The minimum Gasteiger partial charge on any atom is -0.482 e. The van der Waals surface area contributed by atoms with Crippen molar-refractivity contribution in [1.29, 1.82) is 0 Å². The van der Waals surface area contributed by atoms with Crippen LogP contribution in [0.1, 0.15) is 5.56 Å². The van der Waals surface area contributed by atoms with Gasteiger partial charge in [-0.15, -0.1) is 0 Å². The van der Waals surface area contributed by atoms with Crippen molar-refractivity contribution in [2.75, 3.05) is 0 Å². The Balaban J connectivity index is 1.86. The highest BCUT2D eigenvalue weighted by atomic mass is 35.5. The van der Waals surface area contributed by atoms with Crippen molar-refractivity contribution in [2.24, 2.45) is 0 Å². The molecule has 3 aromatic rings. The van der Waals surface area contributed by atoms with Gasteiger partial charge in [0.2, 0.25) is 0 Å². The molecular formula is C17H12ClN3O3S. The Morgan fingerprint density at radius 3 is 2.48 bits per heavy atom. The molecule has 0 saturated carbocycles. The molecule has 1 heterocycles. The van der Waals surface area contributed by atoms with E-state index in [0.29, 0.717) is 15.1 Å². The zero-order valence-corrected chi connectivity index (χ0v) is 14.4. The number of benzene rings is 2. The molecule has 8 heteroatoms. The summed E-state index contributed by atoms with van der Waals surface area (Å²) in [4.78, 5) is 19.6. The molecular weight excluding hydrogens is 362 g/mol. The molecule has 0 aliphatic heterocycles. The third-order valence-electron chi connectivity index (χ3n) is 3.18. The van der Waals surface area contributed by atoms with Gasteiger partial charge in [-0.25, -0.2) is 9.97 Å². The van der Waals surface area contributed by atoms with Gasteiger partial charge in [0.1, 0.15) is 6.61 Å². The maximum Gasteiger partial charge on any atom is 0.324 e. The van der Waals surface area contributed by atoms with Gasteiger partial charge in [0.05, 0.1) is 27.2 Å². The Morgan fingerprint density at radius 1 is 1.08 bits per heavy atom. The van der Waals surface area contributed by atoms with Gasteiger partial charge in [-0.3, -0.25) is 10.1 Å². The van der Waals surface area contributed by atoms with Crippen LogP contribution in [-0.2, 0) is 6.61 Å². The van der Waals surface area contributed by atoms with Crippen LogP contribution in [0.5, 0.6) is 5.75 Å². The minimum absolute atomic E-state index is 0.109. The lowest BCUT2D eigenvalue weighted by molar-refractivity contribution is -0.388. The topological polar surface area (TPSA) is 78.2 Å². The van der Waals surface area contributed by atoms with E-state index < -0.39 is 4.92 Å². The zero-order chi connectivity index (χ0) is 17.6. The predicted molar refractivity (Wildman–Crippen MR) is 95.0 cm³/mol. The lowest BCUT2D eigenvalue weighted by Gasteiger charge is -2.09. The van der Waals surface area contributed by atoms with E-state index in [0.717, 1.165) is 17.3 Å². The van der Waals surface area contributed by atoms with Crippen molar-refractivity contribution in [3.8, 4) is 5.75 Å². The summed E-state index contributed by atoms with van der Waals surface area (Å²) >= 11 is 6.84. The summed E-state index contributed by atoms with van der Waals surface area (Å²) in [6.45, 7) is 0.243. The summed E-state index contributed by atoms with van der Waals surface area (Å²) < 4.78 is 5.67. The van der Waals surface area contributed by atoms with Crippen LogP contribution in [0.3, 0.4) is 0 Å². The van der Waals surface area contributed by atoms with Gasteiger partial charge in [0.25, 0.3) is 0 Å². The van der Waals surface area contributed by atoms with Gasteiger partial charge < -0.3 is 4.74 Å². The van der Waals surface area contributed by atoms with Crippen molar-refractivity contribution < 1.29 is 9.66 Å². The molecule has 0 unspecified atom stereocenters. The molecule has 1 aromatic heterocycles. The summed E-state index contributed by atoms with van der Waals surface area (Å²) in [5.41, 5.74) is 0.817. The van der Waals surface area contributed by atoms with Crippen molar-refractivity contribution >= 4 is 29.1 Å². The van der Waals surface area contributed by atoms with E-state index in [1.807, 2.05) is 30.3 Å². The zero-order valence-electron chi connectivity index (χ0n) is 12.8. The Labute approximate surface area is 153 Å². The van der Waals surface area contributed by atoms with Crippen LogP contribution < -0.4 is 4.74 Å². The maximum absolute atomic E-state index is 11.5. The number of nitro benzene ring substituents is 1. The molecule has 0 atom stereocenters. The first-order chi connectivity index (χ1) is 12.1. The van der Waals surface area contributed by atoms with Gasteiger partial charge in [0, 0.05) is 0 Å². The number of ether oxygens (including phenoxy) is 1. The Kier molecular flexibility index (Phi) is 5.47. The van der Waals surface area contributed by atoms with E-state index in [1.165, 1.54) is 12.4 Å². The molecule has 0 aliphatic rings. The van der Waals surface area contributed by atoms with Crippen molar-refractivity contribution in [1.82, 2.24) is 9.97 Å². The molecule has 0 aliphatic carbocycles. The van der Waals surface area contributed by atoms with E-state index in [1.54, 1.807) is 18.2 Å². The predicted octanol–water partition coefficient (Wildman–Crippen LogP) is 4.77. The number of hydrogen-bond acceptors (Lipinski definition) is 6. The van der Waals surface area contributed by atoms with E-state index in [9.17, 15) is 10.1 Å². The molecule has 25 heavy (non-hydrogen) atoms. The second-order valence-electron chi connectivity index (χ2n) is 4.92. The first-order valence-electron chi connectivity index (χ1n) is 7.23. The number of aromatic nitrogens is 2. The number of hydrogen-bond donors (Lipinski definition) is 0. The molecule has 0 spiro atoms. The molecule has 0 radical (unpaired) electrons. The van der Waals surface area contributed by atoms with E-state index in [2.05, 4.69) is 9.97 Å². The first kappa shape index (κ1) is 17.2. The fourth-order valence-electron chi connectivity index (χ4n) is 2.07. The van der Waals surface area contributed by atoms with Gasteiger partial charge in [-0.05, 0) is 29.5 Å². The number of halogens is 1. The third-order valence-corrected chi connectivity index (χ3v) is 4.32. The van der Waals surface area contributed by atoms with Gasteiger partial charge >= 0.3 is 5.69 Å². The van der Waals surface area contributed by atoms with Crippen LogP contribution in [0.2, 0.25) is 5.02 Å². The van der Waals surface area contributed by atoms with Crippen LogP contribution in [-0.4, -0.2) is 14.9 Å². The number of nitrogens with zero attached hydrogens (tertiary/aromatic N) is 3.